The van der Waals surface area contributed by atoms with Gasteiger partial charge in [-0.15, -0.1) is 0 Å². The molecule has 2 rings (SSSR count). The lowest BCUT2D eigenvalue weighted by atomic mass is 10.2. The van der Waals surface area contributed by atoms with E-state index in [1.54, 1.807) is 41.5 Å². The van der Waals surface area contributed by atoms with E-state index in [4.69, 9.17) is 14.6 Å². The van der Waals surface area contributed by atoms with Gasteiger partial charge in [-0.1, -0.05) is 11.8 Å². The highest BCUT2D eigenvalue weighted by Crippen LogP contribution is 2.29. The van der Waals surface area contributed by atoms with Crippen LogP contribution in [0, 0.1) is 5.82 Å². The number of carbonyl (C=O) groups is 1. The molecule has 0 aliphatic heterocycles. The van der Waals surface area contributed by atoms with E-state index in [-0.39, 0.29) is 17.4 Å². The molecule has 0 saturated carbocycles. The van der Waals surface area contributed by atoms with E-state index in [0.717, 1.165) is 0 Å². The summed E-state index contributed by atoms with van der Waals surface area (Å²) in [4.78, 5) is 20.3. The average Bonchev–Trinajstić information content (AvgIpc) is 2.55. The van der Waals surface area contributed by atoms with Crippen molar-refractivity contribution in [3.63, 3.8) is 0 Å². The van der Waals surface area contributed by atoms with Crippen LogP contribution in [0.3, 0.4) is 0 Å². The van der Waals surface area contributed by atoms with E-state index in [1.807, 2.05) is 6.26 Å². The smallest absolute Gasteiger partial charge is 0.412 e. The molecule has 0 atom stereocenters. The third kappa shape index (κ3) is 11.3. The van der Waals surface area contributed by atoms with Gasteiger partial charge in [-0.05, 0) is 72.1 Å². The van der Waals surface area contributed by atoms with Gasteiger partial charge in [0.1, 0.15) is 22.9 Å². The van der Waals surface area contributed by atoms with Crippen LogP contribution in [0.5, 0.6) is 11.6 Å². The van der Waals surface area contributed by atoms with Crippen molar-refractivity contribution in [1.29, 1.82) is 0 Å². The maximum Gasteiger partial charge on any atom is 0.412 e. The average molecular weight is 426 g/mol. The van der Waals surface area contributed by atoms with E-state index in [9.17, 15) is 9.18 Å². The normalized spacial score (nSPS) is 11.2. The molecule has 0 aliphatic carbocycles. The predicted octanol–water partition coefficient (Wildman–Crippen LogP) is 5.25. The summed E-state index contributed by atoms with van der Waals surface area (Å²) in [6.45, 7) is 10.5. The standard InChI is InChI=1S/C16H18FN3O3S.C4H10O/c1-16(2,3)23-15(21)19-12-9-18-14(24-4)20-13(12)22-11-7-5-10(17)6-8-11;1-4(2,3)5/h5-9H,1-4H3,(H,19,21);5H,1-3H3. The number of ether oxygens (including phenoxy) is 2. The van der Waals surface area contributed by atoms with Gasteiger partial charge in [-0.3, -0.25) is 5.32 Å². The number of nitrogens with one attached hydrogen (secondary N) is 1. The van der Waals surface area contributed by atoms with Gasteiger partial charge < -0.3 is 14.6 Å². The first-order valence-electron chi connectivity index (χ1n) is 8.83. The van der Waals surface area contributed by atoms with Crippen LogP contribution >= 0.6 is 11.8 Å². The van der Waals surface area contributed by atoms with Gasteiger partial charge in [-0.2, -0.15) is 4.98 Å². The second kappa shape index (κ2) is 10.4. The zero-order chi connectivity index (χ0) is 22.2. The number of anilines is 1. The maximum atomic E-state index is 13.0. The molecule has 2 N–H and O–H groups in total. The lowest BCUT2D eigenvalue weighted by Gasteiger charge is -2.20. The molecule has 9 heteroatoms. The molecule has 1 aromatic carbocycles. The first-order chi connectivity index (χ1) is 13.3. The molecule has 0 fully saturated rings. The topological polar surface area (TPSA) is 93.6 Å². The molecule has 0 radical (unpaired) electrons. The summed E-state index contributed by atoms with van der Waals surface area (Å²) in [6, 6.07) is 5.47. The minimum Gasteiger partial charge on any atom is -0.444 e. The minimum absolute atomic E-state index is 0.145. The second-order valence-corrected chi connectivity index (χ2v) is 8.70. The third-order valence-electron chi connectivity index (χ3n) is 2.58. The van der Waals surface area contributed by atoms with Gasteiger partial charge in [-0.25, -0.2) is 14.2 Å². The Morgan fingerprint density at radius 2 is 1.69 bits per heavy atom. The Hall–Kier alpha value is -2.39. The Labute approximate surface area is 175 Å². The lowest BCUT2D eigenvalue weighted by Crippen LogP contribution is -2.27. The first kappa shape index (κ1) is 24.6. The van der Waals surface area contributed by atoms with Crippen LogP contribution in [-0.4, -0.2) is 38.6 Å². The molecule has 0 aliphatic rings. The largest absolute Gasteiger partial charge is 0.444 e. The van der Waals surface area contributed by atoms with Crippen LogP contribution in [-0.2, 0) is 4.74 Å². The summed E-state index contributed by atoms with van der Waals surface area (Å²) in [7, 11) is 0. The van der Waals surface area contributed by atoms with Gasteiger partial charge in [0.25, 0.3) is 0 Å². The number of hydrogen-bond acceptors (Lipinski definition) is 7. The number of amides is 1. The van der Waals surface area contributed by atoms with Crippen molar-refractivity contribution in [2.45, 2.75) is 57.9 Å². The fourth-order valence-electron chi connectivity index (χ4n) is 1.64. The van der Waals surface area contributed by atoms with Crippen molar-refractivity contribution in [2.24, 2.45) is 0 Å². The number of nitrogens with zero attached hydrogens (tertiary/aromatic N) is 2. The number of hydrogen-bond donors (Lipinski definition) is 2. The molecule has 1 amide bonds. The van der Waals surface area contributed by atoms with Gasteiger partial charge in [0.05, 0.1) is 11.8 Å². The number of halogens is 1. The van der Waals surface area contributed by atoms with Crippen molar-refractivity contribution < 1.29 is 23.8 Å². The fourth-order valence-corrected chi connectivity index (χ4v) is 1.97. The molecule has 0 bridgehead atoms. The Kier molecular flexibility index (Phi) is 8.84. The van der Waals surface area contributed by atoms with Crippen LogP contribution in [0.4, 0.5) is 14.9 Å². The Balaban J connectivity index is 0.000000749. The van der Waals surface area contributed by atoms with Crippen molar-refractivity contribution in [3.8, 4) is 11.6 Å². The molecule has 0 unspecified atom stereocenters. The number of aliphatic hydroxyl groups is 1. The molecule has 0 spiro atoms. The molecule has 2 aromatic rings. The van der Waals surface area contributed by atoms with Crippen LogP contribution in [0.15, 0.2) is 35.6 Å². The summed E-state index contributed by atoms with van der Waals surface area (Å²) in [5.41, 5.74) is -0.881. The van der Waals surface area contributed by atoms with Gasteiger partial charge in [0.2, 0.25) is 5.88 Å². The molecule has 0 saturated heterocycles. The van der Waals surface area contributed by atoms with Crippen LogP contribution < -0.4 is 10.1 Å². The molecule has 7 nitrogen and oxygen atoms in total. The second-order valence-electron chi connectivity index (χ2n) is 7.93. The first-order valence-corrected chi connectivity index (χ1v) is 10.1. The molecular weight excluding hydrogens is 397 g/mol. The Morgan fingerprint density at radius 3 is 2.17 bits per heavy atom. The minimum atomic E-state index is -0.646. The van der Waals surface area contributed by atoms with Gasteiger partial charge in [0.15, 0.2) is 5.16 Å². The van der Waals surface area contributed by atoms with Crippen LogP contribution in [0.1, 0.15) is 41.5 Å². The summed E-state index contributed by atoms with van der Waals surface area (Å²) >= 11 is 1.33. The van der Waals surface area contributed by atoms with E-state index < -0.39 is 17.3 Å². The van der Waals surface area contributed by atoms with E-state index in [2.05, 4.69) is 15.3 Å². The van der Waals surface area contributed by atoms with E-state index in [0.29, 0.717) is 10.9 Å². The summed E-state index contributed by atoms with van der Waals surface area (Å²) in [5.74, 6) is 0.156. The Bertz CT molecular complexity index is 797. The zero-order valence-electron chi connectivity index (χ0n) is 17.7. The molecule has 29 heavy (non-hydrogen) atoms. The fraction of sp³-hybridized carbons (Fsp3) is 0.450. The highest BCUT2D eigenvalue weighted by Gasteiger charge is 2.19. The quantitative estimate of drug-likeness (QED) is 0.510. The number of thioether (sulfide) groups is 1. The van der Waals surface area contributed by atoms with E-state index >= 15 is 0 Å². The predicted molar refractivity (Wildman–Crippen MR) is 112 cm³/mol. The summed E-state index contributed by atoms with van der Waals surface area (Å²) in [6.07, 6.45) is 2.60. The summed E-state index contributed by atoms with van der Waals surface area (Å²) in [5, 5.41) is 11.6. The lowest BCUT2D eigenvalue weighted by molar-refractivity contribution is 0.0635. The monoisotopic (exact) mass is 425 g/mol. The van der Waals surface area contributed by atoms with Crippen molar-refractivity contribution in [2.75, 3.05) is 11.6 Å². The number of carbonyl (C=O) groups excluding carboxylic acids is 1. The summed E-state index contributed by atoms with van der Waals surface area (Å²) < 4.78 is 23.8. The number of rotatable bonds is 4. The number of benzene rings is 1. The highest BCUT2D eigenvalue weighted by molar-refractivity contribution is 7.98. The molecule has 160 valence electrons. The molecular formula is C20H28FN3O4S. The van der Waals surface area contributed by atoms with Crippen molar-refractivity contribution >= 4 is 23.5 Å². The molecule has 1 aromatic heterocycles. The Morgan fingerprint density at radius 1 is 1.14 bits per heavy atom. The maximum absolute atomic E-state index is 13.0. The van der Waals surface area contributed by atoms with Crippen LogP contribution in [0.2, 0.25) is 0 Å². The van der Waals surface area contributed by atoms with Crippen molar-refractivity contribution in [3.05, 3.63) is 36.3 Å². The van der Waals surface area contributed by atoms with Gasteiger partial charge in [0, 0.05) is 0 Å². The SMILES string of the molecule is CC(C)(C)O.CSc1ncc(NC(=O)OC(C)(C)C)c(Oc2ccc(F)cc2)n1. The zero-order valence-corrected chi connectivity index (χ0v) is 18.6. The molecule has 1 heterocycles. The number of aromatic nitrogens is 2. The van der Waals surface area contributed by atoms with Crippen LogP contribution in [0.25, 0.3) is 0 Å². The third-order valence-corrected chi connectivity index (χ3v) is 3.14. The van der Waals surface area contributed by atoms with Gasteiger partial charge >= 0.3 is 6.09 Å². The highest BCUT2D eigenvalue weighted by atomic mass is 32.2. The van der Waals surface area contributed by atoms with Crippen molar-refractivity contribution in [1.82, 2.24) is 9.97 Å². The van der Waals surface area contributed by atoms with E-state index in [1.165, 1.54) is 42.2 Å².